The highest BCUT2D eigenvalue weighted by Gasteiger charge is 2.33. The first kappa shape index (κ1) is 27.0. The van der Waals surface area contributed by atoms with E-state index in [0.717, 1.165) is 28.2 Å². The van der Waals surface area contributed by atoms with Crippen LogP contribution in [0.25, 0.3) is 0 Å². The molecule has 2 heterocycles. The predicted molar refractivity (Wildman–Crippen MR) is 143 cm³/mol. The Labute approximate surface area is 224 Å². The Morgan fingerprint density at radius 3 is 2.59 bits per heavy atom. The molecule has 1 aromatic carbocycles. The van der Waals surface area contributed by atoms with Gasteiger partial charge in [0.1, 0.15) is 10.6 Å². The second-order valence-corrected chi connectivity index (χ2v) is 12.1. The van der Waals surface area contributed by atoms with Crippen LogP contribution in [0.3, 0.4) is 0 Å². The zero-order chi connectivity index (χ0) is 26.7. The lowest BCUT2D eigenvalue weighted by Crippen LogP contribution is -2.39. The SMILES string of the molecule is COC(=O)c1c(NC(=O)CSc2cccc(NC(=O)C3CC3)c2)sc2c1CCN(C(=O)OC(C)(C)C)C2. The monoisotopic (exact) mass is 545 g/mol. The average Bonchev–Trinajstić information content (AvgIpc) is 3.63. The first-order chi connectivity index (χ1) is 17.5. The summed E-state index contributed by atoms with van der Waals surface area (Å²) in [6, 6.07) is 7.37. The second-order valence-electron chi connectivity index (χ2n) is 9.98. The average molecular weight is 546 g/mol. The molecule has 198 valence electrons. The van der Waals surface area contributed by atoms with Crippen LogP contribution in [0.1, 0.15) is 54.4 Å². The molecule has 2 N–H and O–H groups in total. The number of fused-ring (bicyclic) bond motifs is 1. The third-order valence-corrected chi connectivity index (χ3v) is 7.90. The van der Waals surface area contributed by atoms with Crippen LogP contribution in [-0.2, 0) is 32.0 Å². The number of benzene rings is 1. The first-order valence-corrected chi connectivity index (χ1v) is 13.9. The summed E-state index contributed by atoms with van der Waals surface area (Å²) >= 11 is 2.61. The van der Waals surface area contributed by atoms with Crippen molar-refractivity contribution in [2.75, 3.05) is 30.0 Å². The third-order valence-electron chi connectivity index (χ3n) is 5.77. The van der Waals surface area contributed by atoms with Crippen molar-refractivity contribution in [3.05, 3.63) is 40.3 Å². The molecule has 3 amide bonds. The summed E-state index contributed by atoms with van der Waals surface area (Å²) in [7, 11) is 1.30. The van der Waals surface area contributed by atoms with E-state index in [-0.39, 0.29) is 23.5 Å². The van der Waals surface area contributed by atoms with Crippen LogP contribution in [0, 0.1) is 5.92 Å². The van der Waals surface area contributed by atoms with E-state index in [2.05, 4.69) is 10.6 Å². The number of nitrogens with one attached hydrogen (secondary N) is 2. The van der Waals surface area contributed by atoms with Gasteiger partial charge in [0.15, 0.2) is 0 Å². The highest BCUT2D eigenvalue weighted by Crippen LogP contribution is 2.38. The molecule has 1 aliphatic carbocycles. The summed E-state index contributed by atoms with van der Waals surface area (Å²) < 4.78 is 10.5. The summed E-state index contributed by atoms with van der Waals surface area (Å²) in [5, 5.41) is 6.18. The van der Waals surface area contributed by atoms with Crippen LogP contribution in [0.2, 0.25) is 0 Å². The highest BCUT2D eigenvalue weighted by molar-refractivity contribution is 8.00. The Balaban J connectivity index is 1.41. The number of carbonyl (C=O) groups is 4. The molecule has 1 aromatic heterocycles. The number of hydrogen-bond donors (Lipinski definition) is 2. The Hall–Kier alpha value is -3.05. The quantitative estimate of drug-likeness (QED) is 0.375. The largest absolute Gasteiger partial charge is 0.465 e. The second kappa shape index (κ2) is 11.1. The molecule has 37 heavy (non-hydrogen) atoms. The van der Waals surface area contributed by atoms with Crippen molar-refractivity contribution in [2.45, 2.75) is 57.1 Å². The van der Waals surface area contributed by atoms with E-state index >= 15 is 0 Å². The van der Waals surface area contributed by atoms with E-state index in [4.69, 9.17) is 9.47 Å². The Morgan fingerprint density at radius 1 is 1.16 bits per heavy atom. The van der Waals surface area contributed by atoms with Gasteiger partial charge >= 0.3 is 12.1 Å². The molecule has 0 spiro atoms. The normalized spacial score (nSPS) is 15.0. The van der Waals surface area contributed by atoms with Gasteiger partial charge in [-0.1, -0.05) is 6.07 Å². The highest BCUT2D eigenvalue weighted by atomic mass is 32.2. The zero-order valence-electron chi connectivity index (χ0n) is 21.3. The standard InChI is InChI=1S/C26H31N3O6S2/c1-26(2,3)35-25(33)29-11-10-18-19(13-29)37-23(21(18)24(32)34-4)28-20(30)14-36-17-7-5-6-16(12-17)27-22(31)15-8-9-15/h5-7,12,15H,8-11,13-14H2,1-4H3,(H,27,31)(H,28,30). The molecule has 11 heteroatoms. The van der Waals surface area contributed by atoms with E-state index in [1.54, 1.807) is 4.90 Å². The Bertz CT molecular complexity index is 1220. The topological polar surface area (TPSA) is 114 Å². The van der Waals surface area contributed by atoms with E-state index in [9.17, 15) is 19.2 Å². The van der Waals surface area contributed by atoms with E-state index < -0.39 is 17.7 Å². The van der Waals surface area contributed by atoms with Gasteiger partial charge in [0.25, 0.3) is 0 Å². The summed E-state index contributed by atoms with van der Waals surface area (Å²) in [6.45, 7) is 6.13. The van der Waals surface area contributed by atoms with Gasteiger partial charge in [0, 0.05) is 27.9 Å². The minimum atomic E-state index is -0.608. The van der Waals surface area contributed by atoms with E-state index in [1.807, 2.05) is 45.0 Å². The molecule has 2 aromatic rings. The number of thioether (sulfide) groups is 1. The first-order valence-electron chi connectivity index (χ1n) is 12.1. The number of hydrogen-bond acceptors (Lipinski definition) is 8. The molecule has 9 nitrogen and oxygen atoms in total. The minimum Gasteiger partial charge on any atom is -0.465 e. The van der Waals surface area contributed by atoms with Crippen molar-refractivity contribution < 1.29 is 28.7 Å². The number of nitrogens with zero attached hydrogens (tertiary/aromatic N) is 1. The van der Waals surface area contributed by atoms with Crippen molar-refractivity contribution in [1.29, 1.82) is 0 Å². The number of thiophene rings is 1. The van der Waals surface area contributed by atoms with Crippen LogP contribution in [-0.4, -0.2) is 53.8 Å². The minimum absolute atomic E-state index is 0.0297. The van der Waals surface area contributed by atoms with Crippen LogP contribution in [0.5, 0.6) is 0 Å². The maximum atomic E-state index is 12.8. The molecule has 0 saturated heterocycles. The fourth-order valence-corrected chi connectivity index (χ4v) is 5.88. The van der Waals surface area contributed by atoms with E-state index in [0.29, 0.717) is 35.8 Å². The van der Waals surface area contributed by atoms with Crippen molar-refractivity contribution in [2.24, 2.45) is 5.92 Å². The molecule has 0 bridgehead atoms. The van der Waals surface area contributed by atoms with Crippen LogP contribution < -0.4 is 10.6 Å². The third kappa shape index (κ3) is 7.04. The maximum Gasteiger partial charge on any atom is 0.410 e. The smallest absolute Gasteiger partial charge is 0.410 e. The molecule has 1 fully saturated rings. The van der Waals surface area contributed by atoms with Gasteiger partial charge < -0.3 is 25.0 Å². The van der Waals surface area contributed by atoms with Gasteiger partial charge in [-0.2, -0.15) is 0 Å². The molecule has 0 radical (unpaired) electrons. The van der Waals surface area contributed by atoms with Gasteiger partial charge in [-0.15, -0.1) is 23.1 Å². The van der Waals surface area contributed by atoms with Gasteiger partial charge in [0.2, 0.25) is 11.8 Å². The van der Waals surface area contributed by atoms with Gasteiger partial charge in [0.05, 0.1) is 25.0 Å². The molecule has 0 unspecified atom stereocenters. The van der Waals surface area contributed by atoms with Gasteiger partial charge in [-0.25, -0.2) is 9.59 Å². The molecule has 4 rings (SSSR count). The fourth-order valence-electron chi connectivity index (χ4n) is 3.86. The number of anilines is 2. The lowest BCUT2D eigenvalue weighted by atomic mass is 10.0. The van der Waals surface area contributed by atoms with Crippen molar-refractivity contribution in [3.63, 3.8) is 0 Å². The lowest BCUT2D eigenvalue weighted by molar-refractivity contribution is -0.117. The van der Waals surface area contributed by atoms with Gasteiger partial charge in [-0.3, -0.25) is 9.59 Å². The number of carbonyl (C=O) groups excluding carboxylic acids is 4. The number of esters is 1. The predicted octanol–water partition coefficient (Wildman–Crippen LogP) is 4.91. The molecule has 0 atom stereocenters. The molecule has 1 saturated carbocycles. The van der Waals surface area contributed by atoms with Crippen LogP contribution in [0.15, 0.2) is 29.2 Å². The summed E-state index contributed by atoms with van der Waals surface area (Å²) in [5.74, 6) is -0.538. The number of rotatable bonds is 7. The summed E-state index contributed by atoms with van der Waals surface area (Å²) in [5.41, 5.74) is 1.23. The van der Waals surface area contributed by atoms with E-state index in [1.165, 1.54) is 30.2 Å². The fraction of sp³-hybridized carbons (Fsp3) is 0.462. The zero-order valence-corrected chi connectivity index (χ0v) is 23.0. The lowest BCUT2D eigenvalue weighted by Gasteiger charge is -2.30. The number of amides is 3. The summed E-state index contributed by atoms with van der Waals surface area (Å²) in [6.07, 6.45) is 1.90. The number of ether oxygens (including phenoxy) is 2. The Morgan fingerprint density at radius 2 is 1.92 bits per heavy atom. The van der Waals surface area contributed by atoms with Crippen LogP contribution in [0.4, 0.5) is 15.5 Å². The number of methoxy groups -OCH3 is 1. The molecule has 1 aliphatic heterocycles. The van der Waals surface area contributed by atoms with Crippen molar-refractivity contribution >= 4 is 57.7 Å². The van der Waals surface area contributed by atoms with Crippen LogP contribution >= 0.6 is 23.1 Å². The molecular formula is C26H31N3O6S2. The maximum absolute atomic E-state index is 12.8. The molecule has 2 aliphatic rings. The summed E-state index contributed by atoms with van der Waals surface area (Å²) in [4.78, 5) is 53.2. The van der Waals surface area contributed by atoms with Gasteiger partial charge in [-0.05, 0) is 63.8 Å². The van der Waals surface area contributed by atoms with Crippen molar-refractivity contribution in [3.8, 4) is 0 Å². The van der Waals surface area contributed by atoms with Crippen molar-refractivity contribution in [1.82, 2.24) is 4.90 Å². The molecular weight excluding hydrogens is 514 g/mol. The Kier molecular flexibility index (Phi) is 8.13.